The van der Waals surface area contributed by atoms with Crippen LogP contribution in [0, 0.1) is 19.7 Å². The topological polar surface area (TPSA) is 38.0 Å². The third-order valence-electron chi connectivity index (χ3n) is 2.69. The van der Waals surface area contributed by atoms with Crippen molar-refractivity contribution >= 4 is 0 Å². The zero-order valence-electron chi connectivity index (χ0n) is 10.1. The molecule has 1 unspecified atom stereocenters. The van der Waals surface area contributed by atoms with E-state index < -0.39 is 6.10 Å². The number of aliphatic hydroxyl groups is 1. The summed E-state index contributed by atoms with van der Waals surface area (Å²) in [4.78, 5) is 0. The van der Waals surface area contributed by atoms with Crippen molar-refractivity contribution in [3.05, 3.63) is 47.0 Å². The number of rotatable bonds is 2. The van der Waals surface area contributed by atoms with Crippen molar-refractivity contribution in [2.24, 2.45) is 0 Å². The van der Waals surface area contributed by atoms with Crippen LogP contribution in [-0.4, -0.2) is 14.9 Å². The van der Waals surface area contributed by atoms with Crippen LogP contribution in [0.15, 0.2) is 24.3 Å². The summed E-state index contributed by atoms with van der Waals surface area (Å²) in [6.07, 6.45) is -0.732. The van der Waals surface area contributed by atoms with E-state index >= 15 is 0 Å². The number of nitrogens with zero attached hydrogens (tertiary/aromatic N) is 2. The minimum atomic E-state index is -0.732. The number of para-hydroxylation sites is 1. The molecule has 0 aliphatic rings. The second-order valence-corrected chi connectivity index (χ2v) is 4.19. The van der Waals surface area contributed by atoms with Gasteiger partial charge in [0.2, 0.25) is 0 Å². The van der Waals surface area contributed by atoms with Gasteiger partial charge in [-0.3, -0.25) is 0 Å². The number of aliphatic hydroxyl groups excluding tert-OH is 1. The lowest BCUT2D eigenvalue weighted by molar-refractivity contribution is 0.198. The van der Waals surface area contributed by atoms with E-state index in [0.29, 0.717) is 11.3 Å². The van der Waals surface area contributed by atoms with Crippen molar-refractivity contribution < 1.29 is 9.50 Å². The van der Waals surface area contributed by atoms with Crippen LogP contribution in [0.25, 0.3) is 5.69 Å². The van der Waals surface area contributed by atoms with Gasteiger partial charge >= 0.3 is 0 Å². The van der Waals surface area contributed by atoms with E-state index in [0.717, 1.165) is 11.4 Å². The third kappa shape index (κ3) is 2.08. The van der Waals surface area contributed by atoms with Crippen LogP contribution in [-0.2, 0) is 0 Å². The number of halogens is 1. The van der Waals surface area contributed by atoms with Gasteiger partial charge in [0.05, 0.1) is 11.8 Å². The predicted octanol–water partition coefficient (Wildman–Crippen LogP) is 2.68. The van der Waals surface area contributed by atoms with E-state index in [1.54, 1.807) is 19.1 Å². The second-order valence-electron chi connectivity index (χ2n) is 4.19. The quantitative estimate of drug-likeness (QED) is 0.867. The molecule has 0 saturated heterocycles. The lowest BCUT2D eigenvalue weighted by Gasteiger charge is -2.14. The number of hydrogen-bond acceptors (Lipinski definition) is 2. The van der Waals surface area contributed by atoms with Crippen molar-refractivity contribution in [3.8, 4) is 5.69 Å². The summed E-state index contributed by atoms with van der Waals surface area (Å²) in [7, 11) is 0. The zero-order chi connectivity index (χ0) is 12.6. The fourth-order valence-electron chi connectivity index (χ4n) is 1.95. The van der Waals surface area contributed by atoms with Crippen LogP contribution >= 0.6 is 0 Å². The highest BCUT2D eigenvalue weighted by molar-refractivity contribution is 5.44. The smallest absolute Gasteiger partial charge is 0.149 e. The number of benzene rings is 1. The van der Waals surface area contributed by atoms with Crippen molar-refractivity contribution in [1.82, 2.24) is 9.78 Å². The molecule has 17 heavy (non-hydrogen) atoms. The van der Waals surface area contributed by atoms with E-state index in [1.807, 2.05) is 19.9 Å². The zero-order valence-corrected chi connectivity index (χ0v) is 10.1. The molecule has 4 heteroatoms. The van der Waals surface area contributed by atoms with E-state index in [4.69, 9.17) is 0 Å². The molecule has 1 atom stereocenters. The molecule has 1 N–H and O–H groups in total. The minimum absolute atomic E-state index is 0.327. The standard InChI is InChI=1S/C13H15FN2O/c1-8-7-9(2)16(15-8)13-11(10(3)17)5-4-6-12(13)14/h4-7,10,17H,1-3H3. The number of hydrogen-bond donors (Lipinski definition) is 1. The summed E-state index contributed by atoms with van der Waals surface area (Å²) in [5, 5.41) is 13.9. The van der Waals surface area contributed by atoms with Gasteiger partial charge in [0.25, 0.3) is 0 Å². The first kappa shape index (κ1) is 11.8. The molecule has 2 rings (SSSR count). The SMILES string of the molecule is Cc1cc(C)n(-c2c(F)cccc2C(C)O)n1. The monoisotopic (exact) mass is 234 g/mol. The first-order chi connectivity index (χ1) is 8.00. The molecule has 90 valence electrons. The molecule has 0 aliphatic carbocycles. The van der Waals surface area contributed by atoms with Crippen molar-refractivity contribution in [2.75, 3.05) is 0 Å². The maximum Gasteiger partial charge on any atom is 0.149 e. The molecule has 0 spiro atoms. The summed E-state index contributed by atoms with van der Waals surface area (Å²) in [6.45, 7) is 5.33. The van der Waals surface area contributed by atoms with Gasteiger partial charge in [-0.15, -0.1) is 0 Å². The largest absolute Gasteiger partial charge is 0.389 e. The molecule has 0 aliphatic heterocycles. The molecule has 2 aromatic rings. The number of aryl methyl sites for hydroxylation is 2. The normalized spacial score (nSPS) is 12.8. The predicted molar refractivity (Wildman–Crippen MR) is 63.6 cm³/mol. The van der Waals surface area contributed by atoms with E-state index in [-0.39, 0.29) is 5.82 Å². The van der Waals surface area contributed by atoms with Crippen molar-refractivity contribution in [3.63, 3.8) is 0 Å². The third-order valence-corrected chi connectivity index (χ3v) is 2.69. The molecule has 1 aromatic carbocycles. The lowest BCUT2D eigenvalue weighted by Crippen LogP contribution is -2.08. The lowest BCUT2D eigenvalue weighted by atomic mass is 10.1. The fourth-order valence-corrected chi connectivity index (χ4v) is 1.95. The Kier molecular flexibility index (Phi) is 2.98. The fraction of sp³-hybridized carbons (Fsp3) is 0.308. The van der Waals surface area contributed by atoms with E-state index in [9.17, 15) is 9.50 Å². The van der Waals surface area contributed by atoms with Gasteiger partial charge < -0.3 is 5.11 Å². The maximum atomic E-state index is 13.9. The van der Waals surface area contributed by atoms with Crippen molar-refractivity contribution in [1.29, 1.82) is 0 Å². The maximum absolute atomic E-state index is 13.9. The Balaban J connectivity index is 2.69. The van der Waals surface area contributed by atoms with E-state index in [2.05, 4.69) is 5.10 Å². The van der Waals surface area contributed by atoms with Crippen LogP contribution in [0.2, 0.25) is 0 Å². The molecule has 0 amide bonds. The summed E-state index contributed by atoms with van der Waals surface area (Å²) < 4.78 is 15.4. The van der Waals surface area contributed by atoms with Crippen LogP contribution in [0.5, 0.6) is 0 Å². The van der Waals surface area contributed by atoms with Gasteiger partial charge in [-0.05, 0) is 32.9 Å². The van der Waals surface area contributed by atoms with Gasteiger partial charge in [-0.2, -0.15) is 5.10 Å². The Hall–Kier alpha value is -1.68. The first-order valence-electron chi connectivity index (χ1n) is 5.51. The average Bonchev–Trinajstić information content (AvgIpc) is 2.57. The molecule has 0 bridgehead atoms. The Bertz CT molecular complexity index is 546. The van der Waals surface area contributed by atoms with Crippen LogP contribution in [0.1, 0.15) is 30.0 Å². The first-order valence-corrected chi connectivity index (χ1v) is 5.51. The molecule has 0 saturated carbocycles. The second kappa shape index (κ2) is 4.30. The summed E-state index contributed by atoms with van der Waals surface area (Å²) in [5.41, 5.74) is 2.53. The molecular weight excluding hydrogens is 219 g/mol. The highest BCUT2D eigenvalue weighted by atomic mass is 19.1. The minimum Gasteiger partial charge on any atom is -0.389 e. The average molecular weight is 234 g/mol. The Morgan fingerprint density at radius 2 is 2.06 bits per heavy atom. The molecule has 0 fully saturated rings. The van der Waals surface area contributed by atoms with Gasteiger partial charge in [-0.25, -0.2) is 9.07 Å². The van der Waals surface area contributed by atoms with Gasteiger partial charge in [0.15, 0.2) is 0 Å². The Morgan fingerprint density at radius 1 is 1.35 bits per heavy atom. The van der Waals surface area contributed by atoms with E-state index in [1.165, 1.54) is 10.7 Å². The van der Waals surface area contributed by atoms with Crippen LogP contribution in [0.3, 0.4) is 0 Å². The van der Waals surface area contributed by atoms with Gasteiger partial charge in [-0.1, -0.05) is 12.1 Å². The highest BCUT2D eigenvalue weighted by Crippen LogP contribution is 2.25. The highest BCUT2D eigenvalue weighted by Gasteiger charge is 2.16. The number of aromatic nitrogens is 2. The van der Waals surface area contributed by atoms with Crippen LogP contribution < -0.4 is 0 Å². The van der Waals surface area contributed by atoms with Crippen molar-refractivity contribution in [2.45, 2.75) is 26.9 Å². The summed E-state index contributed by atoms with van der Waals surface area (Å²) in [5.74, 6) is -0.380. The molecule has 1 heterocycles. The molecule has 1 aromatic heterocycles. The molecular formula is C13H15FN2O. The van der Waals surface area contributed by atoms with Gasteiger partial charge in [0.1, 0.15) is 11.5 Å². The molecule has 0 radical (unpaired) electrons. The summed E-state index contributed by atoms with van der Waals surface area (Å²) >= 11 is 0. The Labute approximate surface area is 99.5 Å². The summed E-state index contributed by atoms with van der Waals surface area (Å²) in [6, 6.07) is 6.54. The van der Waals surface area contributed by atoms with Crippen LogP contribution in [0.4, 0.5) is 4.39 Å². The Morgan fingerprint density at radius 3 is 2.59 bits per heavy atom. The molecule has 3 nitrogen and oxygen atoms in total. The van der Waals surface area contributed by atoms with Gasteiger partial charge in [0, 0.05) is 11.3 Å².